The highest BCUT2D eigenvalue weighted by molar-refractivity contribution is 5.87. The van der Waals surface area contributed by atoms with Gasteiger partial charge in [-0.15, -0.1) is 0 Å². The number of aromatic amines is 1. The average molecular weight is 531 g/mol. The van der Waals surface area contributed by atoms with Crippen molar-refractivity contribution in [2.45, 2.75) is 61.7 Å². The number of hydrogen-bond acceptors (Lipinski definition) is 10. The van der Waals surface area contributed by atoms with Crippen LogP contribution in [-0.4, -0.2) is 104 Å². The van der Waals surface area contributed by atoms with Gasteiger partial charge < -0.3 is 49.5 Å². The number of aromatic nitrogens is 1. The zero-order valence-corrected chi connectivity index (χ0v) is 20.3. The minimum Gasteiger partial charge on any atom is -0.478 e. The van der Waals surface area contributed by atoms with Gasteiger partial charge in [0.25, 0.3) is 0 Å². The predicted octanol–water partition coefficient (Wildman–Crippen LogP) is -0.645. The van der Waals surface area contributed by atoms with Crippen LogP contribution in [0.25, 0.3) is 10.9 Å². The lowest BCUT2D eigenvalue weighted by molar-refractivity contribution is -0.350. The number of aliphatic hydroxyl groups is 4. The van der Waals surface area contributed by atoms with Crippen molar-refractivity contribution in [2.24, 2.45) is 11.8 Å². The Bertz CT molecular complexity index is 1290. The molecule has 0 aliphatic carbocycles. The molecule has 6 N–H and O–H groups in total. The van der Waals surface area contributed by atoms with E-state index in [1.165, 1.54) is 11.8 Å². The van der Waals surface area contributed by atoms with Crippen LogP contribution < -0.4 is 0 Å². The first kappa shape index (κ1) is 24.5. The molecule has 38 heavy (non-hydrogen) atoms. The van der Waals surface area contributed by atoms with E-state index in [0.717, 1.165) is 29.6 Å². The van der Waals surface area contributed by atoms with Crippen molar-refractivity contribution in [1.82, 2.24) is 9.88 Å². The van der Waals surface area contributed by atoms with Crippen LogP contribution in [0, 0.1) is 11.8 Å². The molecule has 1 aromatic heterocycles. The smallest absolute Gasteiger partial charge is 0.334 e. The SMILES string of the molecule is O=C(O)C1=CO[C@@H](O[C@@H]2O[C@H](CO)[C@@H](O)[C@H](O)[C@H]2O)[C@H]2C1C[C@@]13O[C@H]2CN1CCc1c3[nH]c2ccccc12. The third kappa shape index (κ3) is 3.36. The normalized spacial score (nSPS) is 42.1. The maximum absolute atomic E-state index is 12.3. The molecule has 1 unspecified atom stereocenters. The van der Waals surface area contributed by atoms with Gasteiger partial charge in [0, 0.05) is 36.3 Å². The first-order chi connectivity index (χ1) is 18.3. The fraction of sp³-hybridized carbons (Fsp3) is 0.577. The van der Waals surface area contributed by atoms with Crippen molar-refractivity contribution in [3.8, 4) is 0 Å². The summed E-state index contributed by atoms with van der Waals surface area (Å²) in [6, 6.07) is 8.07. The summed E-state index contributed by atoms with van der Waals surface area (Å²) >= 11 is 0. The standard InChI is InChI=1S/C26H30N2O10/c29-9-17-19(30)20(31)21(32)25(36-17)37-24-18-13(14(10-35-24)23(33)34)7-26-22-12(5-6-28(26)8-16(18)38-26)11-3-1-2-4-15(11)27-22/h1-4,10,13,16-21,24-25,27,29-32H,5-9H2,(H,33,34)/t13?,16-,17+,18-,19+,20-,21+,24-,25-,26-/m0/s1. The maximum atomic E-state index is 12.3. The van der Waals surface area contributed by atoms with Crippen LogP contribution in [-0.2, 0) is 35.9 Å². The summed E-state index contributed by atoms with van der Waals surface area (Å²) in [6.45, 7) is 0.679. The topological polar surface area (TPSA) is 174 Å². The fourth-order valence-electron chi connectivity index (χ4n) is 7.07. The van der Waals surface area contributed by atoms with Crippen LogP contribution >= 0.6 is 0 Å². The number of carboxylic acid groups (broad SMARTS) is 1. The average Bonchev–Trinajstić information content (AvgIpc) is 3.44. The van der Waals surface area contributed by atoms with Crippen molar-refractivity contribution < 1.29 is 49.3 Å². The Morgan fingerprint density at radius 3 is 2.76 bits per heavy atom. The molecule has 0 radical (unpaired) electrons. The fourth-order valence-corrected chi connectivity index (χ4v) is 7.07. The molecule has 0 saturated carbocycles. The number of ether oxygens (including phenoxy) is 4. The molecule has 1 aromatic carbocycles. The molecule has 5 aliphatic rings. The van der Waals surface area contributed by atoms with Gasteiger partial charge in [0.2, 0.25) is 6.29 Å². The lowest BCUT2D eigenvalue weighted by atomic mass is 9.74. The molecular weight excluding hydrogens is 500 g/mol. The van der Waals surface area contributed by atoms with E-state index in [4.69, 9.17) is 18.9 Å². The zero-order chi connectivity index (χ0) is 26.3. The predicted molar refractivity (Wildman–Crippen MR) is 127 cm³/mol. The Balaban J connectivity index is 1.24. The van der Waals surface area contributed by atoms with E-state index in [9.17, 15) is 30.3 Å². The van der Waals surface area contributed by atoms with Crippen molar-refractivity contribution in [3.63, 3.8) is 0 Å². The minimum atomic E-state index is -1.61. The van der Waals surface area contributed by atoms with Gasteiger partial charge in [-0.25, -0.2) is 4.79 Å². The second-order valence-electron chi connectivity index (χ2n) is 10.8. The molecule has 0 amide bonds. The third-order valence-electron chi connectivity index (χ3n) is 8.89. The molecule has 5 aliphatic heterocycles. The molecule has 2 bridgehead atoms. The summed E-state index contributed by atoms with van der Waals surface area (Å²) in [6.07, 6.45) is -6.47. The van der Waals surface area contributed by atoms with E-state index in [1.807, 2.05) is 18.2 Å². The number of nitrogens with zero attached hydrogens (tertiary/aromatic N) is 1. The number of carbonyl (C=O) groups is 1. The second kappa shape index (κ2) is 8.73. The number of rotatable bonds is 4. The van der Waals surface area contributed by atoms with E-state index < -0.39 is 73.2 Å². The van der Waals surface area contributed by atoms with Gasteiger partial charge in [0.15, 0.2) is 12.0 Å². The van der Waals surface area contributed by atoms with Gasteiger partial charge in [0.1, 0.15) is 24.4 Å². The lowest BCUT2D eigenvalue weighted by Gasteiger charge is -2.49. The summed E-state index contributed by atoms with van der Waals surface area (Å²) in [5.41, 5.74) is 2.43. The van der Waals surface area contributed by atoms with Crippen LogP contribution in [0.4, 0.5) is 0 Å². The van der Waals surface area contributed by atoms with Crippen molar-refractivity contribution in [1.29, 1.82) is 0 Å². The number of hydrogen-bond donors (Lipinski definition) is 6. The Morgan fingerprint density at radius 1 is 1.16 bits per heavy atom. The van der Waals surface area contributed by atoms with E-state index in [-0.39, 0.29) is 5.57 Å². The van der Waals surface area contributed by atoms with Gasteiger partial charge in [-0.05, 0) is 18.1 Å². The van der Waals surface area contributed by atoms with E-state index in [0.29, 0.717) is 13.0 Å². The molecule has 12 heteroatoms. The molecular formula is C26H30N2O10. The molecule has 3 fully saturated rings. The first-order valence-corrected chi connectivity index (χ1v) is 12.9. The highest BCUT2D eigenvalue weighted by Gasteiger charge is 2.64. The molecule has 7 rings (SSSR count). The van der Waals surface area contributed by atoms with Gasteiger partial charge >= 0.3 is 5.97 Å². The minimum absolute atomic E-state index is 0.112. The number of nitrogens with one attached hydrogen (secondary N) is 1. The summed E-state index contributed by atoms with van der Waals surface area (Å²) in [4.78, 5) is 18.1. The number of benzene rings is 1. The first-order valence-electron chi connectivity index (χ1n) is 12.9. The van der Waals surface area contributed by atoms with Crippen molar-refractivity contribution in [2.75, 3.05) is 19.7 Å². The van der Waals surface area contributed by atoms with Crippen LogP contribution in [0.3, 0.4) is 0 Å². The lowest BCUT2D eigenvalue weighted by Crippen LogP contribution is -2.61. The quantitative estimate of drug-likeness (QED) is 0.297. The Labute approximate surface area is 217 Å². The summed E-state index contributed by atoms with van der Waals surface area (Å²) in [7, 11) is 0. The summed E-state index contributed by atoms with van der Waals surface area (Å²) < 4.78 is 24.0. The van der Waals surface area contributed by atoms with Crippen LogP contribution in [0.15, 0.2) is 36.1 Å². The Hall–Kier alpha value is -2.55. The molecule has 10 atom stereocenters. The highest BCUT2D eigenvalue weighted by atomic mass is 16.8. The number of fused-ring (bicyclic) bond motifs is 6. The number of carboxylic acids is 1. The second-order valence-corrected chi connectivity index (χ2v) is 10.8. The van der Waals surface area contributed by atoms with Crippen LogP contribution in [0.5, 0.6) is 0 Å². The summed E-state index contributed by atoms with van der Waals surface area (Å²) in [5, 5.41) is 51.6. The molecule has 1 spiro atoms. The monoisotopic (exact) mass is 530 g/mol. The van der Waals surface area contributed by atoms with Crippen molar-refractivity contribution >= 4 is 16.9 Å². The largest absolute Gasteiger partial charge is 0.478 e. The van der Waals surface area contributed by atoms with Gasteiger partial charge in [-0.3, -0.25) is 4.90 Å². The maximum Gasteiger partial charge on any atom is 0.334 e. The summed E-state index contributed by atoms with van der Waals surface area (Å²) in [5.74, 6) is -2.15. The zero-order valence-electron chi connectivity index (χ0n) is 20.3. The molecule has 2 aromatic rings. The third-order valence-corrected chi connectivity index (χ3v) is 8.89. The van der Waals surface area contributed by atoms with Gasteiger partial charge in [-0.2, -0.15) is 0 Å². The van der Waals surface area contributed by atoms with Crippen LogP contribution in [0.1, 0.15) is 17.7 Å². The van der Waals surface area contributed by atoms with E-state index in [2.05, 4.69) is 16.0 Å². The molecule has 3 saturated heterocycles. The number of para-hydroxylation sites is 1. The number of aliphatic hydroxyl groups excluding tert-OH is 4. The Kier molecular flexibility index (Phi) is 5.63. The van der Waals surface area contributed by atoms with Gasteiger partial charge in [0.05, 0.1) is 36.2 Å². The number of H-pyrrole nitrogens is 1. The molecule has 12 nitrogen and oxygen atoms in total. The highest BCUT2D eigenvalue weighted by Crippen LogP contribution is 2.57. The van der Waals surface area contributed by atoms with E-state index in [1.54, 1.807) is 0 Å². The van der Waals surface area contributed by atoms with E-state index >= 15 is 0 Å². The van der Waals surface area contributed by atoms with Gasteiger partial charge in [-0.1, -0.05) is 18.2 Å². The molecule has 6 heterocycles. The number of aliphatic carboxylic acids is 1. The Morgan fingerprint density at radius 2 is 1.97 bits per heavy atom. The molecule has 204 valence electrons. The van der Waals surface area contributed by atoms with Crippen molar-refractivity contribution in [3.05, 3.63) is 47.4 Å². The van der Waals surface area contributed by atoms with Crippen LogP contribution in [0.2, 0.25) is 0 Å².